The van der Waals surface area contributed by atoms with Gasteiger partial charge in [0.2, 0.25) is 0 Å². The largest absolute Gasteiger partial charge is 0.294 e. The molecule has 0 aliphatic carbocycles. The molecule has 0 aliphatic heterocycles. The lowest BCUT2D eigenvalue weighted by Gasteiger charge is -2.04. The number of rotatable bonds is 4. The molecule has 0 N–H and O–H groups in total. The summed E-state index contributed by atoms with van der Waals surface area (Å²) in [6.07, 6.45) is 2.07. The van der Waals surface area contributed by atoms with Crippen molar-refractivity contribution in [3.63, 3.8) is 0 Å². The average molecular weight is 325 g/mol. The van der Waals surface area contributed by atoms with Gasteiger partial charge in [-0.3, -0.25) is 9.48 Å². The van der Waals surface area contributed by atoms with Crippen LogP contribution >= 0.6 is 15.9 Å². The van der Waals surface area contributed by atoms with E-state index in [0.717, 1.165) is 5.69 Å². The molecule has 0 unspecified atom stereocenters. The van der Waals surface area contributed by atoms with Crippen LogP contribution in [0.2, 0.25) is 0 Å². The fourth-order valence-electron chi connectivity index (χ4n) is 1.73. The van der Waals surface area contributed by atoms with Crippen molar-refractivity contribution in [3.8, 4) is 0 Å². The summed E-state index contributed by atoms with van der Waals surface area (Å²) in [6.45, 7) is 4.05. The minimum absolute atomic E-state index is 0.0825. The number of carbonyl (C=O) groups excluding carboxylic acids is 1. The Bertz CT molecular complexity index is 607. The molecule has 2 aromatic rings. The van der Waals surface area contributed by atoms with Crippen molar-refractivity contribution >= 4 is 21.7 Å². The summed E-state index contributed by atoms with van der Waals surface area (Å²) in [6, 6.07) is 6.16. The van der Waals surface area contributed by atoms with Gasteiger partial charge in [0.25, 0.3) is 0 Å². The minimum Gasteiger partial charge on any atom is -0.294 e. The molecule has 0 bridgehead atoms. The maximum absolute atomic E-state index is 13.0. The van der Waals surface area contributed by atoms with E-state index in [1.54, 1.807) is 0 Å². The first-order chi connectivity index (χ1) is 8.97. The fourth-order valence-corrected chi connectivity index (χ4v) is 2.31. The Balaban J connectivity index is 2.16. The Kier molecular flexibility index (Phi) is 4.14. The van der Waals surface area contributed by atoms with E-state index in [9.17, 15) is 9.18 Å². The van der Waals surface area contributed by atoms with Crippen molar-refractivity contribution < 1.29 is 9.18 Å². The van der Waals surface area contributed by atoms with E-state index >= 15 is 0 Å². The van der Waals surface area contributed by atoms with Gasteiger partial charge < -0.3 is 0 Å². The highest BCUT2D eigenvalue weighted by Crippen LogP contribution is 2.20. The molecule has 1 aromatic heterocycles. The smallest absolute Gasteiger partial charge is 0.170 e. The number of hydrogen-bond acceptors (Lipinski definition) is 2. The summed E-state index contributed by atoms with van der Waals surface area (Å²) in [5, 5.41) is 4.33. The number of Topliss-reactive ketones (excluding diaryl/α,β-unsaturated/α-hetero) is 1. The van der Waals surface area contributed by atoms with Crippen molar-refractivity contribution in [1.82, 2.24) is 9.78 Å². The molecule has 1 heterocycles. The van der Waals surface area contributed by atoms with Crippen LogP contribution in [0.3, 0.4) is 0 Å². The first-order valence-electron chi connectivity index (χ1n) is 5.99. The number of carbonyl (C=O) groups is 1. The summed E-state index contributed by atoms with van der Waals surface area (Å²) in [5.41, 5.74) is 1.19. The molecule has 19 heavy (non-hydrogen) atoms. The summed E-state index contributed by atoms with van der Waals surface area (Å²) in [7, 11) is 0. The van der Waals surface area contributed by atoms with E-state index in [4.69, 9.17) is 0 Å². The zero-order chi connectivity index (χ0) is 14.0. The van der Waals surface area contributed by atoms with Crippen molar-refractivity contribution in [2.75, 3.05) is 0 Å². The zero-order valence-corrected chi connectivity index (χ0v) is 12.3. The summed E-state index contributed by atoms with van der Waals surface area (Å²) < 4.78 is 15.3. The number of hydrogen-bond donors (Lipinski definition) is 0. The van der Waals surface area contributed by atoms with Gasteiger partial charge in [0.1, 0.15) is 5.82 Å². The van der Waals surface area contributed by atoms with Crippen LogP contribution in [-0.2, 0) is 6.42 Å². The van der Waals surface area contributed by atoms with Gasteiger partial charge in [-0.05, 0) is 54.0 Å². The number of halogens is 2. The molecule has 1 aromatic carbocycles. The lowest BCUT2D eigenvalue weighted by molar-refractivity contribution is 0.0991. The third kappa shape index (κ3) is 3.29. The highest BCUT2D eigenvalue weighted by molar-refractivity contribution is 9.10. The standard InChI is InChI=1S/C14H14BrFN2O/c1-9(2)18-6-5-11(17-18)8-14(19)12-4-3-10(16)7-13(12)15/h3-7,9H,8H2,1-2H3. The molecular formula is C14H14BrFN2O. The van der Waals surface area contributed by atoms with Gasteiger partial charge >= 0.3 is 0 Å². The normalized spacial score (nSPS) is 11.0. The molecule has 0 amide bonds. The van der Waals surface area contributed by atoms with E-state index in [1.165, 1.54) is 18.2 Å². The molecule has 0 spiro atoms. The van der Waals surface area contributed by atoms with Gasteiger partial charge in [-0.2, -0.15) is 5.10 Å². The van der Waals surface area contributed by atoms with Gasteiger partial charge in [-0.1, -0.05) is 0 Å². The van der Waals surface area contributed by atoms with Crippen LogP contribution in [0.4, 0.5) is 4.39 Å². The third-order valence-corrected chi connectivity index (χ3v) is 3.42. The van der Waals surface area contributed by atoms with E-state index in [1.807, 2.05) is 30.8 Å². The van der Waals surface area contributed by atoms with E-state index < -0.39 is 0 Å². The predicted molar refractivity (Wildman–Crippen MR) is 74.7 cm³/mol. The van der Waals surface area contributed by atoms with Crippen LogP contribution in [0.5, 0.6) is 0 Å². The second kappa shape index (κ2) is 5.65. The second-order valence-electron chi connectivity index (χ2n) is 4.60. The van der Waals surface area contributed by atoms with Gasteiger partial charge in [0.05, 0.1) is 12.1 Å². The van der Waals surface area contributed by atoms with Crippen LogP contribution in [0, 0.1) is 5.82 Å². The number of nitrogens with zero attached hydrogens (tertiary/aromatic N) is 2. The van der Waals surface area contributed by atoms with Crippen molar-refractivity contribution in [1.29, 1.82) is 0 Å². The van der Waals surface area contributed by atoms with Gasteiger partial charge in [-0.25, -0.2) is 4.39 Å². The van der Waals surface area contributed by atoms with E-state index in [0.29, 0.717) is 10.0 Å². The monoisotopic (exact) mass is 324 g/mol. The lowest BCUT2D eigenvalue weighted by Crippen LogP contribution is -2.07. The molecule has 2 rings (SSSR count). The summed E-state index contributed by atoms with van der Waals surface area (Å²) in [4.78, 5) is 12.1. The Hall–Kier alpha value is -1.49. The SMILES string of the molecule is CC(C)n1ccc(CC(=O)c2ccc(F)cc2Br)n1. The van der Waals surface area contributed by atoms with E-state index in [-0.39, 0.29) is 24.1 Å². The highest BCUT2D eigenvalue weighted by Gasteiger charge is 2.13. The average Bonchev–Trinajstić information content (AvgIpc) is 2.77. The van der Waals surface area contributed by atoms with Crippen molar-refractivity contribution in [3.05, 3.63) is 52.0 Å². The second-order valence-corrected chi connectivity index (χ2v) is 5.46. The molecule has 5 heteroatoms. The molecule has 0 radical (unpaired) electrons. The molecular weight excluding hydrogens is 311 g/mol. The van der Waals surface area contributed by atoms with E-state index in [2.05, 4.69) is 21.0 Å². The lowest BCUT2D eigenvalue weighted by atomic mass is 10.1. The molecule has 0 saturated carbocycles. The molecule has 3 nitrogen and oxygen atoms in total. The Morgan fingerprint density at radius 3 is 2.74 bits per heavy atom. The Labute approximate surface area is 119 Å². The van der Waals surface area contributed by atoms with Crippen LogP contribution in [0.25, 0.3) is 0 Å². The zero-order valence-electron chi connectivity index (χ0n) is 10.7. The van der Waals surface area contributed by atoms with Crippen molar-refractivity contribution in [2.24, 2.45) is 0 Å². The van der Waals surface area contributed by atoms with Crippen LogP contribution in [0.15, 0.2) is 34.9 Å². The van der Waals surface area contributed by atoms with Gasteiger partial charge in [0, 0.05) is 22.3 Å². The molecule has 0 saturated heterocycles. The topological polar surface area (TPSA) is 34.9 Å². The van der Waals surface area contributed by atoms with Crippen LogP contribution < -0.4 is 0 Å². The predicted octanol–water partition coefficient (Wildman–Crippen LogP) is 3.79. The van der Waals surface area contributed by atoms with Crippen LogP contribution in [-0.4, -0.2) is 15.6 Å². The van der Waals surface area contributed by atoms with Crippen LogP contribution in [0.1, 0.15) is 35.9 Å². The van der Waals surface area contributed by atoms with Crippen molar-refractivity contribution in [2.45, 2.75) is 26.3 Å². The fraction of sp³-hybridized carbons (Fsp3) is 0.286. The number of aromatic nitrogens is 2. The maximum atomic E-state index is 13.0. The first-order valence-corrected chi connectivity index (χ1v) is 6.79. The highest BCUT2D eigenvalue weighted by atomic mass is 79.9. The molecule has 0 aliphatic rings. The molecule has 0 atom stereocenters. The molecule has 100 valence electrons. The number of ketones is 1. The number of benzene rings is 1. The van der Waals surface area contributed by atoms with Gasteiger partial charge in [-0.15, -0.1) is 0 Å². The molecule has 0 fully saturated rings. The Morgan fingerprint density at radius 1 is 1.42 bits per heavy atom. The maximum Gasteiger partial charge on any atom is 0.170 e. The quantitative estimate of drug-likeness (QED) is 0.802. The first kappa shape index (κ1) is 13.9. The third-order valence-electron chi connectivity index (χ3n) is 2.77. The minimum atomic E-state index is -0.368. The Morgan fingerprint density at radius 2 is 2.16 bits per heavy atom. The summed E-state index contributed by atoms with van der Waals surface area (Å²) >= 11 is 3.20. The van der Waals surface area contributed by atoms with Gasteiger partial charge in [0.15, 0.2) is 5.78 Å². The summed E-state index contributed by atoms with van der Waals surface area (Å²) in [5.74, 6) is -0.451.